The first-order valence-electron chi connectivity index (χ1n) is 10.2. The van der Waals surface area contributed by atoms with Crippen LogP contribution in [0.4, 0.5) is 5.69 Å². The molecule has 0 unspecified atom stereocenters. The zero-order valence-corrected chi connectivity index (χ0v) is 18.0. The zero-order valence-electron chi connectivity index (χ0n) is 18.0. The van der Waals surface area contributed by atoms with Crippen molar-refractivity contribution in [1.82, 2.24) is 10.4 Å². The lowest BCUT2D eigenvalue weighted by molar-refractivity contribution is -0.118. The van der Waals surface area contributed by atoms with Crippen molar-refractivity contribution in [2.45, 2.75) is 13.8 Å². The minimum Gasteiger partial charge on any atom is -0.483 e. The van der Waals surface area contributed by atoms with Gasteiger partial charge in [-0.3, -0.25) is 24.6 Å². The molecule has 8 nitrogen and oxygen atoms in total. The van der Waals surface area contributed by atoms with E-state index in [4.69, 9.17) is 4.74 Å². The summed E-state index contributed by atoms with van der Waals surface area (Å²) < 4.78 is 5.60. The van der Waals surface area contributed by atoms with Crippen LogP contribution in [-0.4, -0.2) is 35.2 Å². The molecule has 1 heterocycles. The number of hydrogen-bond donors (Lipinski definition) is 2. The van der Waals surface area contributed by atoms with Crippen LogP contribution in [-0.2, 0) is 4.79 Å². The molecule has 1 aliphatic rings. The highest BCUT2D eigenvalue weighted by Gasteiger charge is 2.36. The first-order chi connectivity index (χ1) is 15.8. The second-order valence-electron chi connectivity index (χ2n) is 7.62. The topological polar surface area (TPSA) is 105 Å². The molecule has 4 rings (SSSR count). The molecule has 0 saturated heterocycles. The number of anilines is 1. The summed E-state index contributed by atoms with van der Waals surface area (Å²) in [7, 11) is 0. The summed E-state index contributed by atoms with van der Waals surface area (Å²) in [6.07, 6.45) is 0. The van der Waals surface area contributed by atoms with Crippen LogP contribution in [0.5, 0.6) is 5.75 Å². The van der Waals surface area contributed by atoms with Gasteiger partial charge in [0.05, 0.1) is 11.1 Å². The summed E-state index contributed by atoms with van der Waals surface area (Å²) in [6.45, 7) is 3.63. The average molecular weight is 443 g/mol. The number of fused-ring (bicyclic) bond motifs is 1. The van der Waals surface area contributed by atoms with Gasteiger partial charge in [0.25, 0.3) is 23.6 Å². The molecule has 0 fully saturated rings. The van der Waals surface area contributed by atoms with Crippen molar-refractivity contribution >= 4 is 29.3 Å². The van der Waals surface area contributed by atoms with Crippen molar-refractivity contribution in [1.29, 1.82) is 0 Å². The van der Waals surface area contributed by atoms with E-state index >= 15 is 0 Å². The Morgan fingerprint density at radius 3 is 2.27 bits per heavy atom. The van der Waals surface area contributed by atoms with E-state index in [0.717, 1.165) is 11.1 Å². The molecule has 0 bridgehead atoms. The van der Waals surface area contributed by atoms with Gasteiger partial charge in [0.2, 0.25) is 0 Å². The zero-order chi connectivity index (χ0) is 23.5. The van der Waals surface area contributed by atoms with Gasteiger partial charge in [-0.05, 0) is 61.4 Å². The number of hydrazine groups is 1. The molecule has 0 aromatic heterocycles. The molecule has 4 amide bonds. The third kappa shape index (κ3) is 4.59. The molecule has 2 N–H and O–H groups in total. The van der Waals surface area contributed by atoms with E-state index in [1.54, 1.807) is 24.3 Å². The summed E-state index contributed by atoms with van der Waals surface area (Å²) in [4.78, 5) is 49.9. The summed E-state index contributed by atoms with van der Waals surface area (Å²) in [5.41, 5.74) is 5.28. The molecular formula is C25H21N3O5. The lowest BCUT2D eigenvalue weighted by Gasteiger charge is -2.15. The molecule has 33 heavy (non-hydrogen) atoms. The highest BCUT2D eigenvalue weighted by atomic mass is 16.5. The average Bonchev–Trinajstić information content (AvgIpc) is 3.05. The van der Waals surface area contributed by atoms with Crippen molar-refractivity contribution in [3.05, 3.63) is 94.5 Å². The quantitative estimate of drug-likeness (QED) is 0.569. The van der Waals surface area contributed by atoms with Gasteiger partial charge in [-0.15, -0.1) is 0 Å². The highest BCUT2D eigenvalue weighted by molar-refractivity contribution is 6.22. The maximum absolute atomic E-state index is 12.7. The molecule has 0 aliphatic carbocycles. The second kappa shape index (κ2) is 8.96. The Morgan fingerprint density at radius 1 is 0.879 bits per heavy atom. The largest absolute Gasteiger partial charge is 0.483 e. The Kier molecular flexibility index (Phi) is 5.91. The SMILES string of the molecule is Cc1ccc(C)c(OCC(=O)Nc2cccc(C(=O)NN3C(=O)c4ccccc4C3=O)c2)c1. The second-order valence-corrected chi connectivity index (χ2v) is 7.62. The van der Waals surface area contributed by atoms with Crippen LogP contribution in [0.25, 0.3) is 0 Å². The van der Waals surface area contributed by atoms with Gasteiger partial charge < -0.3 is 10.1 Å². The third-order valence-electron chi connectivity index (χ3n) is 5.12. The van der Waals surface area contributed by atoms with E-state index in [0.29, 0.717) is 16.4 Å². The highest BCUT2D eigenvalue weighted by Crippen LogP contribution is 2.22. The minimum absolute atomic E-state index is 0.166. The Balaban J connectivity index is 1.39. The van der Waals surface area contributed by atoms with E-state index in [1.807, 2.05) is 32.0 Å². The lowest BCUT2D eigenvalue weighted by Crippen LogP contribution is -2.45. The normalized spacial score (nSPS) is 12.4. The minimum atomic E-state index is -0.660. The van der Waals surface area contributed by atoms with E-state index < -0.39 is 23.6 Å². The van der Waals surface area contributed by atoms with Crippen LogP contribution in [0.1, 0.15) is 42.2 Å². The first kappa shape index (κ1) is 21.8. The lowest BCUT2D eigenvalue weighted by atomic mass is 10.1. The van der Waals surface area contributed by atoms with Crippen LogP contribution in [0, 0.1) is 13.8 Å². The third-order valence-corrected chi connectivity index (χ3v) is 5.12. The molecule has 8 heteroatoms. The molecule has 0 spiro atoms. The van der Waals surface area contributed by atoms with Gasteiger partial charge in [-0.25, -0.2) is 0 Å². The standard InChI is InChI=1S/C25H21N3O5/c1-15-10-11-16(2)21(12-15)33-14-22(29)26-18-7-5-6-17(13-18)23(30)27-28-24(31)19-8-3-4-9-20(19)25(28)32/h3-13H,14H2,1-2H3,(H,26,29)(H,27,30). The van der Waals surface area contributed by atoms with Crippen LogP contribution < -0.4 is 15.5 Å². The van der Waals surface area contributed by atoms with Gasteiger partial charge in [0.1, 0.15) is 5.75 Å². The summed E-state index contributed by atoms with van der Waals surface area (Å²) in [5.74, 6) is -1.63. The Bertz CT molecular complexity index is 1250. The van der Waals surface area contributed by atoms with Gasteiger partial charge in [-0.2, -0.15) is 5.01 Å². The van der Waals surface area contributed by atoms with Crippen LogP contribution >= 0.6 is 0 Å². The molecular weight excluding hydrogens is 422 g/mol. The maximum Gasteiger partial charge on any atom is 0.280 e. The van der Waals surface area contributed by atoms with Crippen molar-refractivity contribution in [3.63, 3.8) is 0 Å². The number of benzene rings is 3. The van der Waals surface area contributed by atoms with Crippen molar-refractivity contribution < 1.29 is 23.9 Å². The monoisotopic (exact) mass is 443 g/mol. The fraction of sp³-hybridized carbons (Fsp3) is 0.120. The van der Waals surface area contributed by atoms with Gasteiger partial charge in [0.15, 0.2) is 6.61 Å². The van der Waals surface area contributed by atoms with E-state index in [-0.39, 0.29) is 23.3 Å². The first-order valence-corrected chi connectivity index (χ1v) is 10.2. The summed E-state index contributed by atoms with van der Waals surface area (Å²) in [6, 6.07) is 18.2. The molecule has 3 aromatic carbocycles. The van der Waals surface area contributed by atoms with Crippen molar-refractivity contribution in [2.75, 3.05) is 11.9 Å². The van der Waals surface area contributed by atoms with Crippen molar-refractivity contribution in [3.8, 4) is 5.75 Å². The molecule has 0 radical (unpaired) electrons. The predicted molar refractivity (Wildman–Crippen MR) is 121 cm³/mol. The number of nitrogens with zero attached hydrogens (tertiary/aromatic N) is 1. The van der Waals surface area contributed by atoms with E-state index in [1.165, 1.54) is 24.3 Å². The molecule has 166 valence electrons. The fourth-order valence-electron chi connectivity index (χ4n) is 3.40. The summed E-state index contributed by atoms with van der Waals surface area (Å²) in [5, 5.41) is 3.37. The van der Waals surface area contributed by atoms with Crippen LogP contribution in [0.3, 0.4) is 0 Å². The van der Waals surface area contributed by atoms with Gasteiger partial charge in [-0.1, -0.05) is 30.3 Å². The van der Waals surface area contributed by atoms with Crippen LogP contribution in [0.2, 0.25) is 0 Å². The maximum atomic E-state index is 12.7. The number of ether oxygens (including phenoxy) is 1. The molecule has 3 aromatic rings. The van der Waals surface area contributed by atoms with Gasteiger partial charge in [0, 0.05) is 11.3 Å². The number of rotatable bonds is 6. The Morgan fingerprint density at radius 2 is 1.58 bits per heavy atom. The molecule has 1 aliphatic heterocycles. The number of nitrogens with one attached hydrogen (secondary N) is 2. The van der Waals surface area contributed by atoms with Gasteiger partial charge >= 0.3 is 0 Å². The number of hydrogen-bond acceptors (Lipinski definition) is 5. The summed E-state index contributed by atoms with van der Waals surface area (Å²) >= 11 is 0. The molecule has 0 saturated carbocycles. The molecule has 0 atom stereocenters. The predicted octanol–water partition coefficient (Wildman–Crippen LogP) is 3.26. The van der Waals surface area contributed by atoms with Crippen molar-refractivity contribution in [2.24, 2.45) is 0 Å². The van der Waals surface area contributed by atoms with Crippen LogP contribution in [0.15, 0.2) is 66.7 Å². The Labute approximate surface area is 190 Å². The number of aryl methyl sites for hydroxylation is 2. The smallest absolute Gasteiger partial charge is 0.280 e. The van der Waals surface area contributed by atoms with E-state index in [9.17, 15) is 19.2 Å². The number of carbonyl (C=O) groups excluding carboxylic acids is 4. The van der Waals surface area contributed by atoms with E-state index in [2.05, 4.69) is 10.7 Å². The number of amides is 4. The number of carbonyl (C=O) groups is 4. The number of imide groups is 1. The Hall–Kier alpha value is -4.46. The fourth-order valence-corrected chi connectivity index (χ4v) is 3.40.